The van der Waals surface area contributed by atoms with Crippen LogP contribution in [0.25, 0.3) is 0 Å². The topological polar surface area (TPSA) is 175 Å². The molecule has 1 saturated heterocycles. The lowest BCUT2D eigenvalue weighted by molar-refractivity contribution is -0.301. The Morgan fingerprint density at radius 1 is 0.493 bits per heavy atom. The number of unbranched alkanes of at least 4 members (excludes halogenated alkanes) is 12. The van der Waals surface area contributed by atoms with Crippen molar-refractivity contribution >= 4 is 23.9 Å². The Kier molecular flexibility index (Phi) is 40.7. The maximum Gasteiger partial charge on any atom is 0.335 e. The van der Waals surface area contributed by atoms with Gasteiger partial charge in [0, 0.05) is 19.3 Å². The van der Waals surface area contributed by atoms with Gasteiger partial charge in [0.25, 0.3) is 0 Å². The van der Waals surface area contributed by atoms with E-state index in [2.05, 4.69) is 87.6 Å². The molecule has 0 amide bonds. The average Bonchev–Trinajstić information content (AvgIpc) is 3.33. The van der Waals surface area contributed by atoms with Crippen LogP contribution in [0.1, 0.15) is 188 Å². The molecule has 1 aliphatic heterocycles. The van der Waals surface area contributed by atoms with Crippen molar-refractivity contribution in [2.24, 2.45) is 0 Å². The molecule has 0 aromatic carbocycles. The third-order valence-electron chi connectivity index (χ3n) is 11.2. The number of aliphatic carboxylic acids is 1. The second-order valence-corrected chi connectivity index (χ2v) is 17.4. The van der Waals surface area contributed by atoms with Crippen LogP contribution < -0.4 is 0 Å². The number of allylic oxidation sites excluding steroid dienone is 16. The number of carboxylic acids is 1. The molecule has 1 rings (SSSR count). The molecule has 0 radical (unpaired) electrons. The van der Waals surface area contributed by atoms with Crippen LogP contribution in [0.15, 0.2) is 97.2 Å². The highest BCUT2D eigenvalue weighted by molar-refractivity contribution is 5.74. The van der Waals surface area contributed by atoms with Crippen molar-refractivity contribution in [2.75, 3.05) is 13.2 Å². The smallest absolute Gasteiger partial charge is 0.335 e. The summed E-state index contributed by atoms with van der Waals surface area (Å²) in [6.45, 7) is 5.62. The molecule has 0 saturated carbocycles. The van der Waals surface area contributed by atoms with E-state index in [9.17, 15) is 34.5 Å². The van der Waals surface area contributed by atoms with E-state index in [4.69, 9.17) is 23.7 Å². The quantitative estimate of drug-likeness (QED) is 0.0229. The van der Waals surface area contributed by atoms with Gasteiger partial charge in [-0.3, -0.25) is 14.4 Å². The summed E-state index contributed by atoms with van der Waals surface area (Å²) in [7, 11) is 0. The number of carbonyl (C=O) groups excluding carboxylic acids is 3. The molecule has 12 nitrogen and oxygen atoms in total. The number of esters is 3. The van der Waals surface area contributed by atoms with Crippen molar-refractivity contribution in [1.82, 2.24) is 0 Å². The zero-order valence-electron chi connectivity index (χ0n) is 42.5. The predicted octanol–water partition coefficient (Wildman–Crippen LogP) is 12.6. The predicted molar refractivity (Wildman–Crippen MR) is 275 cm³/mol. The van der Waals surface area contributed by atoms with E-state index in [0.717, 1.165) is 64.2 Å². The number of rotatable bonds is 42. The highest BCUT2D eigenvalue weighted by Gasteiger charge is 2.50. The highest BCUT2D eigenvalue weighted by atomic mass is 16.7. The van der Waals surface area contributed by atoms with E-state index < -0.39 is 67.3 Å². The van der Waals surface area contributed by atoms with Crippen LogP contribution in [0.4, 0.5) is 0 Å². The monoisotopic (exact) mass is 967 g/mol. The van der Waals surface area contributed by atoms with E-state index in [-0.39, 0.29) is 25.9 Å². The van der Waals surface area contributed by atoms with E-state index in [1.54, 1.807) is 0 Å². The molecule has 69 heavy (non-hydrogen) atoms. The molecule has 390 valence electrons. The Labute approximate surface area is 415 Å². The van der Waals surface area contributed by atoms with Gasteiger partial charge in [-0.05, 0) is 70.6 Å². The number of ether oxygens (including phenoxy) is 5. The Bertz CT molecular complexity index is 1570. The van der Waals surface area contributed by atoms with Crippen LogP contribution in [0.2, 0.25) is 0 Å². The summed E-state index contributed by atoms with van der Waals surface area (Å²) >= 11 is 0. The molecule has 0 aromatic rings. The van der Waals surface area contributed by atoms with Crippen molar-refractivity contribution in [2.45, 2.75) is 225 Å². The Balaban J connectivity index is 2.82. The zero-order valence-corrected chi connectivity index (χ0v) is 42.5. The van der Waals surface area contributed by atoms with E-state index in [1.165, 1.54) is 57.8 Å². The van der Waals surface area contributed by atoms with Gasteiger partial charge in [0.1, 0.15) is 18.8 Å². The number of hydrogen-bond acceptors (Lipinski definition) is 11. The molecule has 0 aliphatic carbocycles. The lowest BCUT2D eigenvalue weighted by Crippen LogP contribution is -2.61. The summed E-state index contributed by atoms with van der Waals surface area (Å²) in [5.41, 5.74) is 0. The van der Waals surface area contributed by atoms with E-state index in [1.807, 2.05) is 30.4 Å². The maximum atomic E-state index is 13.1. The molecule has 12 heteroatoms. The van der Waals surface area contributed by atoms with Crippen LogP contribution >= 0.6 is 0 Å². The molecule has 6 atom stereocenters. The summed E-state index contributed by atoms with van der Waals surface area (Å²) in [6.07, 6.45) is 45.7. The van der Waals surface area contributed by atoms with Crippen molar-refractivity contribution in [3.05, 3.63) is 97.2 Å². The molecule has 0 bridgehead atoms. The minimum absolute atomic E-state index is 0.0705. The summed E-state index contributed by atoms with van der Waals surface area (Å²) in [5.74, 6) is -3.34. The van der Waals surface area contributed by atoms with Gasteiger partial charge in [-0.2, -0.15) is 0 Å². The molecular formula is C57H90O12. The fourth-order valence-electron chi connectivity index (χ4n) is 7.22. The van der Waals surface area contributed by atoms with Crippen molar-refractivity contribution in [1.29, 1.82) is 0 Å². The lowest BCUT2D eigenvalue weighted by atomic mass is 9.98. The van der Waals surface area contributed by atoms with Crippen LogP contribution in [-0.2, 0) is 42.9 Å². The fraction of sp³-hybridized carbons (Fsp3) is 0.649. The van der Waals surface area contributed by atoms with Crippen LogP contribution in [0.3, 0.4) is 0 Å². The molecule has 6 unspecified atom stereocenters. The first-order valence-corrected chi connectivity index (χ1v) is 26.2. The standard InChI is InChI=1S/C57H90O12/c1-4-7-10-13-16-19-22-25-28-31-34-37-40-43-49(58)65-46-48(67-50(59)44-41-38-35-32-29-26-23-20-17-14-11-8-5-2)47-66-57-55(53(62)52(61)54(69-57)56(63)64)68-51(60)45-42-39-36-33-30-27-24-21-18-15-12-9-6-3/h7,9-10,12,16,18-19,21,25,27-28,30,34,36-37,39,48,52-55,57,61-62H,4-6,8,11,13-15,17,20,22-24,26,29,31-33,35,38,40-47H2,1-3H3,(H,63,64)/b10-7-,12-9-,19-16-,21-18-,28-25-,30-27-,37-34-,39-36-. The molecule has 1 fully saturated rings. The second-order valence-electron chi connectivity index (χ2n) is 17.4. The van der Waals surface area contributed by atoms with Crippen molar-refractivity contribution in [3.8, 4) is 0 Å². The fourth-order valence-corrected chi connectivity index (χ4v) is 7.22. The maximum absolute atomic E-state index is 13.1. The number of carbonyl (C=O) groups is 4. The van der Waals surface area contributed by atoms with Gasteiger partial charge in [0.05, 0.1) is 6.61 Å². The Hall–Kier alpha value is -4.36. The molecule has 1 aliphatic rings. The molecular weight excluding hydrogens is 877 g/mol. The SMILES string of the molecule is CC/C=C\C/C=C\C/C=C\C/C=C\CCC(=O)OCC(COC1OC(C(=O)O)C(O)C(O)C1OC(=O)CC/C=C\C/C=C\C/C=C\C/C=C\CC)OC(=O)CCCCCCCCCCCCCCC. The first kappa shape index (κ1) is 62.7. The number of aliphatic hydroxyl groups excluding tert-OH is 2. The van der Waals surface area contributed by atoms with E-state index in [0.29, 0.717) is 25.7 Å². The van der Waals surface area contributed by atoms with Crippen LogP contribution in [-0.4, -0.2) is 89.2 Å². The first-order chi connectivity index (χ1) is 33.6. The summed E-state index contributed by atoms with van der Waals surface area (Å²) in [4.78, 5) is 50.8. The number of carboxylic acid groups (broad SMARTS) is 1. The Morgan fingerprint density at radius 2 is 0.913 bits per heavy atom. The Morgan fingerprint density at radius 3 is 1.36 bits per heavy atom. The second kappa shape index (κ2) is 44.8. The first-order valence-electron chi connectivity index (χ1n) is 26.2. The van der Waals surface area contributed by atoms with Gasteiger partial charge in [0.15, 0.2) is 24.6 Å². The third kappa shape index (κ3) is 35.4. The van der Waals surface area contributed by atoms with Gasteiger partial charge in [0.2, 0.25) is 0 Å². The van der Waals surface area contributed by atoms with E-state index >= 15 is 0 Å². The minimum atomic E-state index is -1.94. The third-order valence-corrected chi connectivity index (χ3v) is 11.2. The minimum Gasteiger partial charge on any atom is -0.479 e. The highest BCUT2D eigenvalue weighted by Crippen LogP contribution is 2.26. The van der Waals surface area contributed by atoms with Gasteiger partial charge in [-0.15, -0.1) is 0 Å². The van der Waals surface area contributed by atoms with Gasteiger partial charge in [-0.25, -0.2) is 4.79 Å². The van der Waals surface area contributed by atoms with Gasteiger partial charge in [-0.1, -0.05) is 195 Å². The molecule has 1 heterocycles. The molecule has 0 aromatic heterocycles. The normalized spacial score (nSPS) is 19.5. The lowest BCUT2D eigenvalue weighted by Gasteiger charge is -2.40. The van der Waals surface area contributed by atoms with Crippen molar-refractivity contribution in [3.63, 3.8) is 0 Å². The average molecular weight is 967 g/mol. The van der Waals surface area contributed by atoms with Crippen molar-refractivity contribution < 1.29 is 58.2 Å². The van der Waals surface area contributed by atoms with Crippen LogP contribution in [0, 0.1) is 0 Å². The summed E-state index contributed by atoms with van der Waals surface area (Å²) in [5, 5.41) is 31.3. The number of hydrogen-bond donors (Lipinski definition) is 3. The number of aliphatic hydroxyl groups is 2. The van der Waals surface area contributed by atoms with Gasteiger partial charge < -0.3 is 39.0 Å². The molecule has 0 spiro atoms. The summed E-state index contributed by atoms with van der Waals surface area (Å²) < 4.78 is 28.1. The van der Waals surface area contributed by atoms with Gasteiger partial charge >= 0.3 is 23.9 Å². The van der Waals surface area contributed by atoms with Crippen LogP contribution in [0.5, 0.6) is 0 Å². The largest absolute Gasteiger partial charge is 0.479 e. The molecule has 3 N–H and O–H groups in total. The summed E-state index contributed by atoms with van der Waals surface area (Å²) in [6, 6.07) is 0. The zero-order chi connectivity index (χ0) is 50.4.